The molecule has 28 heavy (non-hydrogen) atoms. The summed E-state index contributed by atoms with van der Waals surface area (Å²) in [6.07, 6.45) is 0. The summed E-state index contributed by atoms with van der Waals surface area (Å²) in [7, 11) is -3.64. The zero-order valence-electron chi connectivity index (χ0n) is 15.0. The van der Waals surface area contributed by atoms with Crippen molar-refractivity contribution in [2.75, 3.05) is 39.3 Å². The molecule has 0 atom stereocenters. The molecule has 0 bridgehead atoms. The second-order valence-electron chi connectivity index (χ2n) is 6.28. The van der Waals surface area contributed by atoms with Gasteiger partial charge in [-0.3, -0.25) is 4.90 Å². The highest BCUT2D eigenvalue weighted by atomic mass is 35.5. The van der Waals surface area contributed by atoms with Gasteiger partial charge >= 0.3 is 0 Å². The zero-order chi connectivity index (χ0) is 20.1. The Morgan fingerprint density at radius 3 is 2.39 bits per heavy atom. The fraction of sp³-hybridized carbons (Fsp3) is 0.316. The van der Waals surface area contributed by atoms with E-state index in [4.69, 9.17) is 33.2 Å². The second kappa shape index (κ2) is 9.12. The topological polar surface area (TPSA) is 73.6 Å². The molecule has 1 aliphatic rings. The van der Waals surface area contributed by atoms with Crippen molar-refractivity contribution >= 4 is 33.2 Å². The highest BCUT2D eigenvalue weighted by Crippen LogP contribution is 2.24. The third-order valence-electron chi connectivity index (χ3n) is 4.53. The summed E-state index contributed by atoms with van der Waals surface area (Å²) in [4.78, 5) is 2.25. The number of ether oxygens (including phenoxy) is 1. The zero-order valence-corrected chi connectivity index (χ0v) is 17.3. The van der Waals surface area contributed by atoms with Crippen molar-refractivity contribution in [3.8, 4) is 11.8 Å². The molecule has 6 nitrogen and oxygen atoms in total. The molecule has 0 amide bonds. The van der Waals surface area contributed by atoms with Gasteiger partial charge in [0.05, 0.1) is 20.5 Å². The van der Waals surface area contributed by atoms with Crippen LogP contribution in [-0.2, 0) is 10.0 Å². The number of hydrogen-bond donors (Lipinski definition) is 0. The molecule has 9 heteroatoms. The predicted molar refractivity (Wildman–Crippen MR) is 108 cm³/mol. The molecule has 2 aromatic rings. The Balaban J connectivity index is 1.54. The van der Waals surface area contributed by atoms with Crippen LogP contribution in [0.15, 0.2) is 47.4 Å². The van der Waals surface area contributed by atoms with Gasteiger partial charge in [-0.15, -0.1) is 0 Å². The lowest BCUT2D eigenvalue weighted by molar-refractivity contribution is 0.159. The van der Waals surface area contributed by atoms with Crippen LogP contribution in [0.2, 0.25) is 10.0 Å². The van der Waals surface area contributed by atoms with Crippen LogP contribution in [0.4, 0.5) is 0 Å². The molecule has 3 rings (SSSR count). The summed E-state index contributed by atoms with van der Waals surface area (Å²) >= 11 is 12.0. The van der Waals surface area contributed by atoms with Gasteiger partial charge in [0.25, 0.3) is 0 Å². The van der Waals surface area contributed by atoms with E-state index in [0.29, 0.717) is 50.1 Å². The van der Waals surface area contributed by atoms with Gasteiger partial charge in [0.2, 0.25) is 10.0 Å². The Morgan fingerprint density at radius 1 is 1.04 bits per heavy atom. The van der Waals surface area contributed by atoms with Crippen molar-refractivity contribution in [2.24, 2.45) is 0 Å². The first-order valence-electron chi connectivity index (χ1n) is 8.71. The maximum absolute atomic E-state index is 12.8. The van der Waals surface area contributed by atoms with Gasteiger partial charge in [-0.25, -0.2) is 8.42 Å². The number of sulfonamides is 1. The lowest BCUT2D eigenvalue weighted by atomic mass is 10.2. The van der Waals surface area contributed by atoms with E-state index in [1.807, 2.05) is 24.3 Å². The predicted octanol–water partition coefficient (Wildman–Crippen LogP) is 3.25. The smallest absolute Gasteiger partial charge is 0.243 e. The standard InChI is InChI=1S/C19H19Cl2N3O3S/c20-17-3-1-2-4-19(17)27-12-11-23-7-9-24(10-8-23)28(25,26)16-6-5-15(14-22)18(21)13-16/h1-6,13H,7-12H2. The van der Waals surface area contributed by atoms with E-state index in [0.717, 1.165) is 0 Å². The first-order valence-corrected chi connectivity index (χ1v) is 10.9. The number of halogens is 2. The maximum Gasteiger partial charge on any atom is 0.243 e. The second-order valence-corrected chi connectivity index (χ2v) is 9.03. The number of nitrogens with zero attached hydrogens (tertiary/aromatic N) is 3. The van der Waals surface area contributed by atoms with E-state index >= 15 is 0 Å². The van der Waals surface area contributed by atoms with Gasteiger partial charge in [-0.05, 0) is 30.3 Å². The Labute approximate surface area is 174 Å². The Bertz CT molecular complexity index is 984. The number of piperazine rings is 1. The van der Waals surface area contributed by atoms with E-state index in [1.54, 1.807) is 6.07 Å². The Kier molecular flexibility index (Phi) is 6.81. The maximum atomic E-state index is 12.8. The fourth-order valence-corrected chi connectivity index (χ4v) is 4.86. The van der Waals surface area contributed by atoms with Crippen LogP contribution in [0.1, 0.15) is 5.56 Å². The first-order chi connectivity index (χ1) is 13.4. The molecule has 1 heterocycles. The van der Waals surface area contributed by atoms with Gasteiger partial charge < -0.3 is 4.74 Å². The van der Waals surface area contributed by atoms with E-state index in [1.165, 1.54) is 22.5 Å². The largest absolute Gasteiger partial charge is 0.491 e. The minimum absolute atomic E-state index is 0.104. The van der Waals surface area contributed by atoms with Crippen molar-refractivity contribution in [1.29, 1.82) is 5.26 Å². The van der Waals surface area contributed by atoms with Crippen molar-refractivity contribution in [1.82, 2.24) is 9.21 Å². The Hall–Kier alpha value is -1.82. The third kappa shape index (κ3) is 4.77. The van der Waals surface area contributed by atoms with E-state index in [-0.39, 0.29) is 15.5 Å². The first kappa shape index (κ1) is 20.9. The molecule has 1 saturated heterocycles. The normalized spacial score (nSPS) is 15.9. The average Bonchev–Trinajstić information content (AvgIpc) is 2.70. The molecule has 0 saturated carbocycles. The van der Waals surface area contributed by atoms with Crippen LogP contribution < -0.4 is 4.74 Å². The molecule has 2 aromatic carbocycles. The summed E-state index contributed by atoms with van der Waals surface area (Å²) in [5.74, 6) is 0.642. The molecule has 0 radical (unpaired) electrons. The lowest BCUT2D eigenvalue weighted by Gasteiger charge is -2.33. The van der Waals surface area contributed by atoms with Crippen LogP contribution in [-0.4, -0.2) is 57.0 Å². The van der Waals surface area contributed by atoms with Gasteiger partial charge in [0.1, 0.15) is 18.4 Å². The Morgan fingerprint density at radius 2 is 1.75 bits per heavy atom. The third-order valence-corrected chi connectivity index (χ3v) is 7.05. The lowest BCUT2D eigenvalue weighted by Crippen LogP contribution is -2.49. The van der Waals surface area contributed by atoms with Gasteiger partial charge in [0, 0.05) is 32.7 Å². The number of benzene rings is 2. The average molecular weight is 440 g/mol. The molecule has 0 spiro atoms. The number of hydrogen-bond acceptors (Lipinski definition) is 5. The SMILES string of the molecule is N#Cc1ccc(S(=O)(=O)N2CCN(CCOc3ccccc3Cl)CC2)cc1Cl. The molecule has 0 unspecified atom stereocenters. The molecular weight excluding hydrogens is 421 g/mol. The molecule has 148 valence electrons. The highest BCUT2D eigenvalue weighted by Gasteiger charge is 2.28. The van der Waals surface area contributed by atoms with Crippen molar-refractivity contribution in [3.05, 3.63) is 58.1 Å². The monoisotopic (exact) mass is 439 g/mol. The summed E-state index contributed by atoms with van der Waals surface area (Å²) in [6.45, 7) is 3.13. The minimum Gasteiger partial charge on any atom is -0.491 e. The highest BCUT2D eigenvalue weighted by molar-refractivity contribution is 7.89. The van der Waals surface area contributed by atoms with Crippen molar-refractivity contribution in [2.45, 2.75) is 4.90 Å². The molecule has 1 aliphatic heterocycles. The summed E-state index contributed by atoms with van der Waals surface area (Å²) in [5.41, 5.74) is 0.254. The van der Waals surface area contributed by atoms with Crippen LogP contribution in [0.25, 0.3) is 0 Å². The minimum atomic E-state index is -3.64. The quantitative estimate of drug-likeness (QED) is 0.690. The van der Waals surface area contributed by atoms with Gasteiger partial charge in [-0.2, -0.15) is 9.57 Å². The van der Waals surface area contributed by atoms with Crippen LogP contribution in [0.5, 0.6) is 5.75 Å². The number of nitriles is 1. The molecule has 1 fully saturated rings. The molecule has 0 aromatic heterocycles. The van der Waals surface area contributed by atoms with Gasteiger partial charge in [-0.1, -0.05) is 35.3 Å². The number of rotatable bonds is 6. The van der Waals surface area contributed by atoms with Crippen LogP contribution in [0.3, 0.4) is 0 Å². The fourth-order valence-electron chi connectivity index (χ4n) is 2.94. The van der Waals surface area contributed by atoms with Gasteiger partial charge in [0.15, 0.2) is 0 Å². The summed E-state index contributed by atoms with van der Waals surface area (Å²) in [6, 6.07) is 13.4. The molecule has 0 aliphatic carbocycles. The summed E-state index contributed by atoms with van der Waals surface area (Å²) in [5, 5.41) is 9.64. The van der Waals surface area contributed by atoms with E-state index < -0.39 is 10.0 Å². The molecule has 0 N–H and O–H groups in total. The van der Waals surface area contributed by atoms with E-state index in [2.05, 4.69) is 4.90 Å². The van der Waals surface area contributed by atoms with Crippen LogP contribution in [0, 0.1) is 11.3 Å². The summed E-state index contributed by atoms with van der Waals surface area (Å²) < 4.78 is 32.7. The molecular formula is C19H19Cl2N3O3S. The van der Waals surface area contributed by atoms with Crippen molar-refractivity contribution < 1.29 is 13.2 Å². The van der Waals surface area contributed by atoms with E-state index in [9.17, 15) is 8.42 Å². The van der Waals surface area contributed by atoms with Crippen LogP contribution >= 0.6 is 23.2 Å². The number of para-hydroxylation sites is 1. The van der Waals surface area contributed by atoms with Crippen molar-refractivity contribution in [3.63, 3.8) is 0 Å².